The normalized spacial score (nSPS) is 14.1. The lowest BCUT2D eigenvalue weighted by atomic mass is 10.1. The topological polar surface area (TPSA) is 98.8 Å². The Morgan fingerprint density at radius 1 is 1.17 bits per heavy atom. The van der Waals surface area contributed by atoms with Gasteiger partial charge in [-0.25, -0.2) is 13.2 Å². The summed E-state index contributed by atoms with van der Waals surface area (Å²) in [7, 11) is -3.41. The van der Waals surface area contributed by atoms with Crippen LogP contribution in [0, 0.1) is 0 Å². The quantitative estimate of drug-likeness (QED) is 0.552. The van der Waals surface area contributed by atoms with Crippen molar-refractivity contribution in [2.24, 2.45) is 0 Å². The van der Waals surface area contributed by atoms with Crippen molar-refractivity contribution >= 4 is 45.1 Å². The van der Waals surface area contributed by atoms with E-state index in [4.69, 9.17) is 21.1 Å². The van der Waals surface area contributed by atoms with E-state index in [2.05, 4.69) is 4.72 Å². The highest BCUT2D eigenvalue weighted by Crippen LogP contribution is 2.29. The van der Waals surface area contributed by atoms with E-state index in [0.29, 0.717) is 22.0 Å². The number of anilines is 1. The zero-order valence-electron chi connectivity index (χ0n) is 15.6. The number of ether oxygens (including phenoxy) is 2. The van der Waals surface area contributed by atoms with Gasteiger partial charge in [-0.3, -0.25) is 9.52 Å². The number of Topliss-reactive ketones (excluding diaryl/α,β-unsaturated/α-hetero) is 1. The summed E-state index contributed by atoms with van der Waals surface area (Å²) >= 11 is 5.96. The predicted molar refractivity (Wildman–Crippen MR) is 110 cm³/mol. The van der Waals surface area contributed by atoms with Crippen LogP contribution < -0.4 is 9.46 Å². The molecule has 0 fully saturated rings. The largest absolute Gasteiger partial charge is 0.488 e. The van der Waals surface area contributed by atoms with Crippen molar-refractivity contribution < 1.29 is 27.5 Å². The second kappa shape index (κ2) is 8.26. The number of sulfonamides is 1. The van der Waals surface area contributed by atoms with Gasteiger partial charge in [0.05, 0.1) is 11.8 Å². The van der Waals surface area contributed by atoms with Crippen LogP contribution in [0.25, 0.3) is 6.08 Å². The third-order valence-corrected chi connectivity index (χ3v) is 4.91. The van der Waals surface area contributed by atoms with Crippen LogP contribution in [0.4, 0.5) is 5.69 Å². The molecule has 9 heteroatoms. The van der Waals surface area contributed by atoms with Gasteiger partial charge in [0.15, 0.2) is 6.10 Å². The van der Waals surface area contributed by atoms with E-state index in [-0.39, 0.29) is 17.7 Å². The molecule has 1 aliphatic heterocycles. The van der Waals surface area contributed by atoms with E-state index >= 15 is 0 Å². The minimum atomic E-state index is -3.41. The number of benzene rings is 2. The summed E-state index contributed by atoms with van der Waals surface area (Å²) < 4.78 is 35.6. The van der Waals surface area contributed by atoms with Gasteiger partial charge in [0.2, 0.25) is 15.8 Å². The Kier molecular flexibility index (Phi) is 5.95. The SMILES string of the molecule is CC(OC(=O)C1=Cc2cc(Cl)ccc2OC1)C(=O)c1ccc(NS(C)(=O)=O)cc1. The molecule has 0 bridgehead atoms. The molecule has 2 aromatic rings. The van der Waals surface area contributed by atoms with Crippen LogP contribution in [0.5, 0.6) is 5.75 Å². The van der Waals surface area contributed by atoms with Gasteiger partial charge in [0.1, 0.15) is 12.4 Å². The lowest BCUT2D eigenvalue weighted by molar-refractivity contribution is -0.141. The lowest BCUT2D eigenvalue weighted by Crippen LogP contribution is -2.27. The smallest absolute Gasteiger partial charge is 0.338 e. The van der Waals surface area contributed by atoms with E-state index in [1.807, 2.05) is 0 Å². The molecule has 0 saturated carbocycles. The maximum absolute atomic E-state index is 12.5. The number of nitrogens with one attached hydrogen (secondary N) is 1. The predicted octanol–water partition coefficient (Wildman–Crippen LogP) is 3.30. The van der Waals surface area contributed by atoms with Gasteiger partial charge in [0, 0.05) is 21.8 Å². The summed E-state index contributed by atoms with van der Waals surface area (Å²) in [5, 5.41) is 0.510. The number of hydrogen-bond acceptors (Lipinski definition) is 6. The maximum atomic E-state index is 12.5. The molecule has 0 radical (unpaired) electrons. The molecular weight excluding hydrogens is 418 g/mol. The first-order valence-electron chi connectivity index (χ1n) is 8.58. The van der Waals surface area contributed by atoms with Crippen molar-refractivity contribution in [3.8, 4) is 5.75 Å². The number of carbonyl (C=O) groups is 2. The third kappa shape index (κ3) is 5.36. The molecule has 0 aliphatic carbocycles. The van der Waals surface area contributed by atoms with Crippen LogP contribution >= 0.6 is 11.6 Å². The Morgan fingerprint density at radius 3 is 2.52 bits per heavy atom. The fourth-order valence-electron chi connectivity index (χ4n) is 2.71. The number of carbonyl (C=O) groups excluding carboxylic acids is 2. The molecule has 0 saturated heterocycles. The Labute approximate surface area is 173 Å². The molecule has 1 atom stereocenters. The minimum Gasteiger partial charge on any atom is -0.488 e. The second-order valence-electron chi connectivity index (χ2n) is 6.50. The van der Waals surface area contributed by atoms with Crippen molar-refractivity contribution in [3.05, 3.63) is 64.2 Å². The highest BCUT2D eigenvalue weighted by Gasteiger charge is 2.24. The van der Waals surface area contributed by atoms with Gasteiger partial charge >= 0.3 is 5.97 Å². The average Bonchev–Trinajstić information content (AvgIpc) is 2.66. The fraction of sp³-hybridized carbons (Fsp3) is 0.200. The fourth-order valence-corrected chi connectivity index (χ4v) is 3.45. The van der Waals surface area contributed by atoms with Crippen molar-refractivity contribution in [1.82, 2.24) is 0 Å². The summed E-state index contributed by atoms with van der Waals surface area (Å²) in [6.45, 7) is 1.50. The van der Waals surface area contributed by atoms with Crippen LogP contribution in [0.15, 0.2) is 48.0 Å². The van der Waals surface area contributed by atoms with Crippen LogP contribution in [0.2, 0.25) is 5.02 Å². The van der Waals surface area contributed by atoms with Crippen molar-refractivity contribution in [2.75, 3.05) is 17.6 Å². The summed E-state index contributed by atoms with van der Waals surface area (Å²) in [6.07, 6.45) is 1.62. The van der Waals surface area contributed by atoms with Gasteiger partial charge in [-0.2, -0.15) is 0 Å². The van der Waals surface area contributed by atoms with E-state index in [9.17, 15) is 18.0 Å². The molecular formula is C20H18ClNO6S. The van der Waals surface area contributed by atoms with Crippen LogP contribution in [0.3, 0.4) is 0 Å². The number of halogens is 1. The van der Waals surface area contributed by atoms with Crippen LogP contribution in [0.1, 0.15) is 22.8 Å². The molecule has 0 spiro atoms. The first-order valence-corrected chi connectivity index (χ1v) is 10.9. The number of ketones is 1. The standard InChI is InChI=1S/C20H18ClNO6S/c1-12(19(23)13-3-6-17(7-4-13)22-29(2,25)26)28-20(24)15-9-14-10-16(21)5-8-18(14)27-11-15/h3-10,12,22H,11H2,1-2H3. The molecule has 0 amide bonds. The second-order valence-corrected chi connectivity index (χ2v) is 8.69. The van der Waals surface area contributed by atoms with Gasteiger partial charge in [-0.05, 0) is 55.5 Å². The number of fused-ring (bicyclic) bond motifs is 1. The zero-order valence-corrected chi connectivity index (χ0v) is 17.2. The molecule has 1 heterocycles. The molecule has 3 rings (SSSR count). The highest BCUT2D eigenvalue weighted by atomic mass is 35.5. The maximum Gasteiger partial charge on any atom is 0.338 e. The van der Waals surface area contributed by atoms with Gasteiger partial charge in [-0.1, -0.05) is 11.6 Å². The van der Waals surface area contributed by atoms with Gasteiger partial charge in [0.25, 0.3) is 0 Å². The molecule has 29 heavy (non-hydrogen) atoms. The van der Waals surface area contributed by atoms with Crippen LogP contribution in [-0.2, 0) is 19.6 Å². The molecule has 152 valence electrons. The van der Waals surface area contributed by atoms with Crippen LogP contribution in [-0.4, -0.2) is 39.1 Å². The Hall–Kier alpha value is -2.84. The average molecular weight is 436 g/mol. The summed E-state index contributed by atoms with van der Waals surface area (Å²) in [6, 6.07) is 10.9. The summed E-state index contributed by atoms with van der Waals surface area (Å²) in [5.41, 5.74) is 1.54. The summed E-state index contributed by atoms with van der Waals surface area (Å²) in [5.74, 6) is -0.463. The zero-order chi connectivity index (χ0) is 21.2. The first kappa shape index (κ1) is 20.9. The Morgan fingerprint density at radius 2 is 1.86 bits per heavy atom. The van der Waals surface area contributed by atoms with Crippen molar-refractivity contribution in [3.63, 3.8) is 0 Å². The Bertz CT molecular complexity index is 1090. The molecule has 7 nitrogen and oxygen atoms in total. The number of rotatable bonds is 6. The van der Waals surface area contributed by atoms with Gasteiger partial charge in [-0.15, -0.1) is 0 Å². The van der Waals surface area contributed by atoms with Gasteiger partial charge < -0.3 is 9.47 Å². The molecule has 1 N–H and O–H groups in total. The third-order valence-electron chi connectivity index (χ3n) is 4.07. The van der Waals surface area contributed by atoms with E-state index < -0.39 is 27.9 Å². The summed E-state index contributed by atoms with van der Waals surface area (Å²) in [4.78, 5) is 24.9. The first-order chi connectivity index (χ1) is 13.6. The lowest BCUT2D eigenvalue weighted by Gasteiger charge is -2.19. The molecule has 2 aromatic carbocycles. The molecule has 0 aromatic heterocycles. The van der Waals surface area contributed by atoms with Crippen molar-refractivity contribution in [2.45, 2.75) is 13.0 Å². The monoisotopic (exact) mass is 435 g/mol. The number of esters is 1. The van der Waals surface area contributed by atoms with E-state index in [0.717, 1.165) is 6.26 Å². The Balaban J connectivity index is 1.67. The minimum absolute atomic E-state index is 0.0280. The van der Waals surface area contributed by atoms with Crippen molar-refractivity contribution in [1.29, 1.82) is 0 Å². The highest BCUT2D eigenvalue weighted by molar-refractivity contribution is 7.92. The number of hydrogen-bond donors (Lipinski definition) is 1. The molecule has 1 aliphatic rings. The van der Waals surface area contributed by atoms with E-state index in [1.165, 1.54) is 31.2 Å². The molecule has 1 unspecified atom stereocenters. The van der Waals surface area contributed by atoms with E-state index in [1.54, 1.807) is 24.3 Å².